The van der Waals surface area contributed by atoms with Gasteiger partial charge in [-0.3, -0.25) is 0 Å². The molecule has 0 spiro atoms. The molecular weight excluding hydrogens is 216 g/mol. The van der Waals surface area contributed by atoms with Crippen molar-refractivity contribution in [1.29, 1.82) is 0 Å². The van der Waals surface area contributed by atoms with Crippen LogP contribution in [0.5, 0.6) is 0 Å². The summed E-state index contributed by atoms with van der Waals surface area (Å²) in [7, 11) is 0. The zero-order valence-electron chi connectivity index (χ0n) is 10.1. The Morgan fingerprint density at radius 3 is 3.00 bits per heavy atom. The normalized spacial score (nSPS) is 12.3. The van der Waals surface area contributed by atoms with Crippen molar-refractivity contribution in [1.82, 2.24) is 10.3 Å². The Kier molecular flexibility index (Phi) is 6.14. The Hall–Kier alpha value is -0.850. The van der Waals surface area contributed by atoms with Crippen LogP contribution in [0.4, 0.5) is 0 Å². The van der Waals surface area contributed by atoms with Gasteiger partial charge >= 0.3 is 0 Å². The first-order valence-corrected chi connectivity index (χ1v) is 6.72. The van der Waals surface area contributed by atoms with Crippen LogP contribution in [-0.4, -0.2) is 17.6 Å². The van der Waals surface area contributed by atoms with Gasteiger partial charge in [-0.1, -0.05) is 6.92 Å². The molecule has 1 N–H and O–H groups in total. The van der Waals surface area contributed by atoms with Gasteiger partial charge in [0.25, 0.3) is 0 Å². The van der Waals surface area contributed by atoms with Crippen molar-refractivity contribution in [3.05, 3.63) is 16.1 Å². The van der Waals surface area contributed by atoms with Gasteiger partial charge < -0.3 is 5.32 Å². The van der Waals surface area contributed by atoms with Crippen molar-refractivity contribution >= 4 is 11.3 Å². The highest BCUT2D eigenvalue weighted by Crippen LogP contribution is 2.12. The van der Waals surface area contributed by atoms with Crippen LogP contribution >= 0.6 is 11.3 Å². The van der Waals surface area contributed by atoms with Crippen LogP contribution in [0.3, 0.4) is 0 Å². The smallest absolute Gasteiger partial charge is 0.0897 e. The highest BCUT2D eigenvalue weighted by atomic mass is 32.1. The molecule has 0 radical (unpaired) electrons. The van der Waals surface area contributed by atoms with E-state index in [1.54, 1.807) is 11.3 Å². The van der Waals surface area contributed by atoms with E-state index in [2.05, 4.69) is 35.4 Å². The molecule has 0 saturated heterocycles. The fourth-order valence-corrected chi connectivity index (χ4v) is 2.40. The van der Waals surface area contributed by atoms with Crippen LogP contribution < -0.4 is 5.32 Å². The molecule has 0 amide bonds. The second kappa shape index (κ2) is 7.43. The lowest BCUT2D eigenvalue weighted by atomic mass is 10.1. The van der Waals surface area contributed by atoms with Crippen LogP contribution in [0.2, 0.25) is 0 Å². The molecule has 0 fully saturated rings. The van der Waals surface area contributed by atoms with Gasteiger partial charge in [0.05, 0.1) is 10.7 Å². The molecule has 0 aliphatic rings. The van der Waals surface area contributed by atoms with Crippen LogP contribution in [-0.2, 0) is 6.42 Å². The van der Waals surface area contributed by atoms with E-state index in [0.717, 1.165) is 37.2 Å². The molecule has 1 aromatic heterocycles. The third-order valence-electron chi connectivity index (χ3n) is 2.49. The number of nitrogens with one attached hydrogen (secondary N) is 1. The molecule has 1 rings (SSSR count). The summed E-state index contributed by atoms with van der Waals surface area (Å²) in [5.74, 6) is 2.69. The predicted molar refractivity (Wildman–Crippen MR) is 70.7 cm³/mol. The van der Waals surface area contributed by atoms with Crippen LogP contribution in [0.15, 0.2) is 5.38 Å². The van der Waals surface area contributed by atoms with Crippen molar-refractivity contribution in [3.63, 3.8) is 0 Å². The monoisotopic (exact) mass is 236 g/mol. The van der Waals surface area contributed by atoms with Gasteiger partial charge in [-0.05, 0) is 26.3 Å². The first-order valence-electron chi connectivity index (χ1n) is 5.84. The zero-order valence-corrected chi connectivity index (χ0v) is 10.9. The quantitative estimate of drug-likeness (QED) is 0.581. The molecule has 1 unspecified atom stereocenters. The van der Waals surface area contributed by atoms with E-state index in [9.17, 15) is 0 Å². The summed E-state index contributed by atoms with van der Waals surface area (Å²) in [6.07, 6.45) is 9.38. The maximum absolute atomic E-state index is 5.26. The van der Waals surface area contributed by atoms with Crippen LogP contribution in [0.1, 0.15) is 36.9 Å². The minimum Gasteiger partial charge on any atom is -0.314 e. The van der Waals surface area contributed by atoms with E-state index < -0.39 is 0 Å². The van der Waals surface area contributed by atoms with Gasteiger partial charge in [-0.15, -0.1) is 23.7 Å². The Bertz CT molecular complexity index is 338. The number of likely N-dealkylation sites (N-methyl/N-ethyl adjacent to an activating group) is 1. The lowest BCUT2D eigenvalue weighted by Crippen LogP contribution is -2.31. The lowest BCUT2D eigenvalue weighted by Gasteiger charge is -2.15. The molecule has 0 saturated carbocycles. The number of thiazole rings is 1. The Labute approximate surface area is 102 Å². The molecule has 3 heteroatoms. The van der Waals surface area contributed by atoms with Crippen molar-refractivity contribution in [3.8, 4) is 12.3 Å². The first kappa shape index (κ1) is 13.2. The predicted octanol–water partition coefficient (Wildman–Crippen LogP) is 2.78. The molecule has 1 heterocycles. The first-order chi connectivity index (χ1) is 7.76. The summed E-state index contributed by atoms with van der Waals surface area (Å²) in [5, 5.41) is 6.80. The summed E-state index contributed by atoms with van der Waals surface area (Å²) < 4.78 is 0. The van der Waals surface area contributed by atoms with E-state index in [0.29, 0.717) is 6.04 Å². The number of terminal acetylenes is 1. The topological polar surface area (TPSA) is 24.9 Å². The molecular formula is C13H20N2S. The summed E-state index contributed by atoms with van der Waals surface area (Å²) in [5.41, 5.74) is 1.20. The number of nitrogens with zero attached hydrogens (tertiary/aromatic N) is 1. The van der Waals surface area contributed by atoms with E-state index in [-0.39, 0.29) is 0 Å². The van der Waals surface area contributed by atoms with E-state index in [1.807, 2.05) is 0 Å². The molecule has 0 aliphatic carbocycles. The molecule has 16 heavy (non-hydrogen) atoms. The fraction of sp³-hybridized carbons (Fsp3) is 0.615. The minimum absolute atomic E-state index is 0.514. The minimum atomic E-state index is 0.514. The highest BCUT2D eigenvalue weighted by molar-refractivity contribution is 7.09. The van der Waals surface area contributed by atoms with Crippen LogP contribution in [0, 0.1) is 19.3 Å². The summed E-state index contributed by atoms with van der Waals surface area (Å²) in [6.45, 7) is 5.19. The van der Waals surface area contributed by atoms with E-state index in [1.165, 1.54) is 5.69 Å². The molecule has 1 aromatic rings. The maximum atomic E-state index is 5.26. The zero-order chi connectivity index (χ0) is 11.8. The lowest BCUT2D eigenvalue weighted by molar-refractivity contribution is 0.476. The molecule has 0 aromatic carbocycles. The van der Waals surface area contributed by atoms with E-state index in [4.69, 9.17) is 6.42 Å². The number of rotatable bonds is 7. The average molecular weight is 236 g/mol. The molecule has 2 nitrogen and oxygen atoms in total. The fourth-order valence-electron chi connectivity index (χ4n) is 1.77. The van der Waals surface area contributed by atoms with Gasteiger partial charge in [0, 0.05) is 24.3 Å². The summed E-state index contributed by atoms with van der Waals surface area (Å²) in [4.78, 5) is 4.50. The third kappa shape index (κ3) is 4.78. The van der Waals surface area contributed by atoms with Gasteiger partial charge in [0.2, 0.25) is 0 Å². The molecule has 0 aliphatic heterocycles. The number of hydrogen-bond donors (Lipinski definition) is 1. The largest absolute Gasteiger partial charge is 0.314 e. The van der Waals surface area contributed by atoms with Gasteiger partial charge in [-0.2, -0.15) is 0 Å². The summed E-state index contributed by atoms with van der Waals surface area (Å²) in [6, 6.07) is 0.514. The number of hydrogen-bond acceptors (Lipinski definition) is 3. The van der Waals surface area contributed by atoms with E-state index >= 15 is 0 Å². The summed E-state index contributed by atoms with van der Waals surface area (Å²) >= 11 is 1.72. The van der Waals surface area contributed by atoms with Crippen molar-refractivity contribution < 1.29 is 0 Å². The van der Waals surface area contributed by atoms with Crippen molar-refractivity contribution in [2.24, 2.45) is 0 Å². The van der Waals surface area contributed by atoms with Gasteiger partial charge in [0.1, 0.15) is 0 Å². The SMILES string of the molecule is C#CCCCC(Cc1csc(C)n1)NCC. The Morgan fingerprint density at radius 1 is 1.62 bits per heavy atom. The Balaban J connectivity index is 2.41. The maximum Gasteiger partial charge on any atom is 0.0897 e. The average Bonchev–Trinajstić information content (AvgIpc) is 2.65. The second-order valence-corrected chi connectivity index (χ2v) is 4.98. The Morgan fingerprint density at radius 2 is 2.44 bits per heavy atom. The highest BCUT2D eigenvalue weighted by Gasteiger charge is 2.09. The number of aryl methyl sites for hydroxylation is 1. The third-order valence-corrected chi connectivity index (χ3v) is 3.31. The van der Waals surface area contributed by atoms with Crippen molar-refractivity contribution in [2.45, 2.75) is 45.6 Å². The van der Waals surface area contributed by atoms with Gasteiger partial charge in [-0.25, -0.2) is 4.98 Å². The molecule has 1 atom stereocenters. The van der Waals surface area contributed by atoms with Gasteiger partial charge in [0.15, 0.2) is 0 Å². The molecule has 0 bridgehead atoms. The number of aromatic nitrogens is 1. The standard InChI is InChI=1S/C13H20N2S/c1-4-6-7-8-12(14-5-2)9-13-10-16-11(3)15-13/h1,10,12,14H,5-9H2,2-3H3. The van der Waals surface area contributed by atoms with Crippen molar-refractivity contribution in [2.75, 3.05) is 6.54 Å². The number of unbranched alkanes of at least 4 members (excludes halogenated alkanes) is 1. The molecule has 88 valence electrons. The second-order valence-electron chi connectivity index (χ2n) is 3.91. The van der Waals surface area contributed by atoms with Crippen LogP contribution in [0.25, 0.3) is 0 Å².